The number of carbonyl (C=O) groups excluding carboxylic acids is 2. The van der Waals surface area contributed by atoms with Gasteiger partial charge in [0.15, 0.2) is 0 Å². The first-order valence-electron chi connectivity index (χ1n) is 8.67. The molecule has 0 saturated carbocycles. The SMILES string of the molecule is Cc1csc(C(C)CN2C(=O)[C@@H]3CC[C@@H](c4ccccc4)N3C2=O)n1. The van der Waals surface area contributed by atoms with Crippen molar-refractivity contribution in [3.63, 3.8) is 0 Å². The van der Waals surface area contributed by atoms with E-state index in [2.05, 4.69) is 4.98 Å². The van der Waals surface area contributed by atoms with Gasteiger partial charge in [0.2, 0.25) is 0 Å². The minimum Gasteiger partial charge on any atom is -0.305 e. The van der Waals surface area contributed by atoms with Crippen LogP contribution in [0.4, 0.5) is 4.79 Å². The van der Waals surface area contributed by atoms with Crippen LogP contribution in [0.1, 0.15) is 48.0 Å². The molecule has 6 heteroatoms. The maximum absolute atomic E-state index is 13.0. The third-order valence-electron chi connectivity index (χ3n) is 5.09. The van der Waals surface area contributed by atoms with Crippen LogP contribution < -0.4 is 0 Å². The van der Waals surface area contributed by atoms with E-state index in [9.17, 15) is 9.59 Å². The lowest BCUT2D eigenvalue weighted by Gasteiger charge is -2.24. The molecule has 0 bridgehead atoms. The topological polar surface area (TPSA) is 53.5 Å². The van der Waals surface area contributed by atoms with E-state index in [-0.39, 0.29) is 29.9 Å². The zero-order chi connectivity index (χ0) is 17.6. The van der Waals surface area contributed by atoms with Crippen molar-refractivity contribution >= 4 is 23.3 Å². The highest BCUT2D eigenvalue weighted by Gasteiger charge is 2.52. The lowest BCUT2D eigenvalue weighted by Crippen LogP contribution is -2.36. The molecule has 0 radical (unpaired) electrons. The lowest BCUT2D eigenvalue weighted by molar-refractivity contribution is -0.128. The van der Waals surface area contributed by atoms with Crippen molar-refractivity contribution in [3.05, 3.63) is 52.0 Å². The Morgan fingerprint density at radius 2 is 1.92 bits per heavy atom. The van der Waals surface area contributed by atoms with Crippen LogP contribution >= 0.6 is 11.3 Å². The van der Waals surface area contributed by atoms with Gasteiger partial charge in [0.1, 0.15) is 6.04 Å². The Bertz CT molecular complexity index is 804. The molecule has 0 spiro atoms. The van der Waals surface area contributed by atoms with Crippen LogP contribution in [0.25, 0.3) is 0 Å². The molecule has 1 aromatic carbocycles. The number of hydrogen-bond donors (Lipinski definition) is 0. The van der Waals surface area contributed by atoms with Crippen molar-refractivity contribution in [1.29, 1.82) is 0 Å². The van der Waals surface area contributed by atoms with Gasteiger partial charge < -0.3 is 4.90 Å². The van der Waals surface area contributed by atoms with Gasteiger partial charge in [0.05, 0.1) is 11.0 Å². The number of urea groups is 1. The number of carbonyl (C=O) groups is 2. The van der Waals surface area contributed by atoms with Crippen LogP contribution in [0.3, 0.4) is 0 Å². The van der Waals surface area contributed by atoms with Gasteiger partial charge in [-0.15, -0.1) is 11.3 Å². The smallest absolute Gasteiger partial charge is 0.305 e. The molecule has 3 atom stereocenters. The molecule has 0 aliphatic carbocycles. The second-order valence-electron chi connectivity index (χ2n) is 6.89. The first-order chi connectivity index (χ1) is 12.1. The number of aryl methyl sites for hydroxylation is 1. The van der Waals surface area contributed by atoms with E-state index in [1.165, 1.54) is 4.90 Å². The van der Waals surface area contributed by atoms with Gasteiger partial charge in [-0.2, -0.15) is 0 Å². The monoisotopic (exact) mass is 355 g/mol. The fourth-order valence-corrected chi connectivity index (χ4v) is 4.70. The highest BCUT2D eigenvalue weighted by atomic mass is 32.1. The number of thiazole rings is 1. The molecule has 2 saturated heterocycles. The Balaban J connectivity index is 1.54. The molecule has 5 nitrogen and oxygen atoms in total. The summed E-state index contributed by atoms with van der Waals surface area (Å²) in [6.07, 6.45) is 1.59. The highest BCUT2D eigenvalue weighted by molar-refractivity contribution is 7.09. The maximum atomic E-state index is 13.0. The summed E-state index contributed by atoms with van der Waals surface area (Å²) in [4.78, 5) is 33.5. The molecule has 1 unspecified atom stereocenters. The number of aromatic nitrogens is 1. The molecular formula is C19H21N3O2S. The minimum absolute atomic E-state index is 0.00469. The Kier molecular flexibility index (Phi) is 4.07. The maximum Gasteiger partial charge on any atom is 0.327 e. The summed E-state index contributed by atoms with van der Waals surface area (Å²) < 4.78 is 0. The van der Waals surface area contributed by atoms with E-state index in [4.69, 9.17) is 0 Å². The quantitative estimate of drug-likeness (QED) is 0.786. The number of amides is 3. The minimum atomic E-state index is -0.303. The van der Waals surface area contributed by atoms with E-state index < -0.39 is 0 Å². The van der Waals surface area contributed by atoms with E-state index in [0.717, 1.165) is 29.1 Å². The fraction of sp³-hybridized carbons (Fsp3) is 0.421. The molecule has 25 heavy (non-hydrogen) atoms. The Morgan fingerprint density at radius 3 is 2.60 bits per heavy atom. The van der Waals surface area contributed by atoms with Gasteiger partial charge in [-0.05, 0) is 25.3 Å². The van der Waals surface area contributed by atoms with Crippen LogP contribution in [-0.2, 0) is 4.79 Å². The van der Waals surface area contributed by atoms with Crippen LogP contribution in [0, 0.1) is 6.92 Å². The number of rotatable bonds is 4. The van der Waals surface area contributed by atoms with Crippen LogP contribution in [0.2, 0.25) is 0 Å². The Morgan fingerprint density at radius 1 is 1.20 bits per heavy atom. The van der Waals surface area contributed by atoms with Crippen LogP contribution in [-0.4, -0.2) is 39.3 Å². The molecule has 2 fully saturated rings. The fourth-order valence-electron chi connectivity index (χ4n) is 3.85. The van der Waals surface area contributed by atoms with Gasteiger partial charge in [-0.3, -0.25) is 9.69 Å². The van der Waals surface area contributed by atoms with E-state index >= 15 is 0 Å². The lowest BCUT2D eigenvalue weighted by atomic mass is 10.0. The molecule has 2 aliphatic rings. The highest BCUT2D eigenvalue weighted by Crippen LogP contribution is 2.41. The summed E-state index contributed by atoms with van der Waals surface area (Å²) in [5.74, 6) is 0.00496. The summed E-state index contributed by atoms with van der Waals surface area (Å²) in [5.41, 5.74) is 2.09. The summed E-state index contributed by atoms with van der Waals surface area (Å²) in [6.45, 7) is 4.38. The molecule has 3 heterocycles. The average molecular weight is 355 g/mol. The van der Waals surface area contributed by atoms with Crippen LogP contribution in [0.15, 0.2) is 35.7 Å². The zero-order valence-electron chi connectivity index (χ0n) is 14.4. The second-order valence-corrected chi connectivity index (χ2v) is 7.78. The van der Waals surface area contributed by atoms with E-state index in [1.807, 2.05) is 49.6 Å². The Labute approximate surface area is 151 Å². The van der Waals surface area contributed by atoms with Crippen molar-refractivity contribution < 1.29 is 9.59 Å². The predicted molar refractivity (Wildman–Crippen MR) is 96.4 cm³/mol. The van der Waals surface area contributed by atoms with E-state index in [0.29, 0.717) is 6.54 Å². The van der Waals surface area contributed by atoms with Gasteiger partial charge in [-0.1, -0.05) is 37.3 Å². The molecule has 2 aromatic rings. The van der Waals surface area contributed by atoms with Crippen LogP contribution in [0.5, 0.6) is 0 Å². The third kappa shape index (κ3) is 2.74. The predicted octanol–water partition coefficient (Wildman–Crippen LogP) is 3.72. The van der Waals surface area contributed by atoms with Gasteiger partial charge >= 0.3 is 6.03 Å². The van der Waals surface area contributed by atoms with Gasteiger partial charge in [0.25, 0.3) is 5.91 Å². The van der Waals surface area contributed by atoms with Crippen molar-refractivity contribution in [3.8, 4) is 0 Å². The molecule has 130 valence electrons. The molecule has 0 N–H and O–H groups in total. The van der Waals surface area contributed by atoms with Gasteiger partial charge in [-0.25, -0.2) is 9.78 Å². The molecule has 2 aliphatic heterocycles. The second kappa shape index (κ2) is 6.26. The third-order valence-corrected chi connectivity index (χ3v) is 6.28. The Hall–Kier alpha value is -2.21. The van der Waals surface area contributed by atoms with Crippen molar-refractivity contribution in [2.24, 2.45) is 0 Å². The number of fused-ring (bicyclic) bond motifs is 1. The summed E-state index contributed by atoms with van der Waals surface area (Å²) in [6, 6.07) is 9.56. The van der Waals surface area contributed by atoms with Crippen molar-refractivity contribution in [2.75, 3.05) is 6.54 Å². The molecule has 4 rings (SSSR count). The first-order valence-corrected chi connectivity index (χ1v) is 9.55. The number of nitrogens with zero attached hydrogens (tertiary/aromatic N) is 3. The van der Waals surface area contributed by atoms with Crippen molar-refractivity contribution in [1.82, 2.24) is 14.8 Å². The normalized spacial score (nSPS) is 24.1. The standard InChI is InChI=1S/C19H21N3O2S/c1-12(17-20-13(2)11-25-17)10-21-18(23)16-9-8-15(22(16)19(21)24)14-6-4-3-5-7-14/h3-7,11-12,15-16H,8-10H2,1-2H3/t12?,15-,16-/m0/s1. The number of hydrogen-bond acceptors (Lipinski definition) is 4. The summed E-state index contributed by atoms with van der Waals surface area (Å²) in [7, 11) is 0. The molecular weight excluding hydrogens is 334 g/mol. The average Bonchev–Trinajstić information content (AvgIpc) is 3.30. The number of benzene rings is 1. The first kappa shape index (κ1) is 16.3. The van der Waals surface area contributed by atoms with Crippen molar-refractivity contribution in [2.45, 2.75) is 44.7 Å². The van der Waals surface area contributed by atoms with Gasteiger partial charge in [0, 0.05) is 23.5 Å². The van der Waals surface area contributed by atoms with E-state index in [1.54, 1.807) is 16.2 Å². The molecule has 3 amide bonds. The zero-order valence-corrected chi connectivity index (χ0v) is 15.2. The number of imide groups is 1. The largest absolute Gasteiger partial charge is 0.327 e. The summed E-state index contributed by atoms with van der Waals surface area (Å²) >= 11 is 1.59. The molecule has 1 aromatic heterocycles. The summed E-state index contributed by atoms with van der Waals surface area (Å²) in [5, 5.41) is 2.98.